The molecule has 0 atom stereocenters. The van der Waals surface area contributed by atoms with Gasteiger partial charge in [-0.25, -0.2) is 0 Å². The third-order valence-electron chi connectivity index (χ3n) is 2.60. The molecular weight excluding hydrogens is 357 g/mol. The summed E-state index contributed by atoms with van der Waals surface area (Å²) < 4.78 is 43.3. The minimum atomic E-state index is -4.63. The Balaban J connectivity index is 2.24. The van der Waals surface area contributed by atoms with E-state index in [4.69, 9.17) is 4.42 Å². The molecule has 0 amide bonds. The first-order valence-electron chi connectivity index (χ1n) is 5.61. The van der Waals surface area contributed by atoms with Gasteiger partial charge in [0.2, 0.25) is 0 Å². The average Bonchev–Trinajstić information content (AvgIpc) is 2.80. The van der Waals surface area contributed by atoms with Crippen LogP contribution in [0.2, 0.25) is 0 Å². The molecule has 1 aromatic heterocycles. The van der Waals surface area contributed by atoms with Crippen LogP contribution in [0, 0.1) is 10.1 Å². The maximum atomic E-state index is 12.6. The molecule has 1 heterocycles. The van der Waals surface area contributed by atoms with Gasteiger partial charge in [0.05, 0.1) is 17.0 Å². The maximum absolute atomic E-state index is 12.6. The molecule has 0 aliphatic heterocycles. The lowest BCUT2D eigenvalue weighted by Gasteiger charge is -2.09. The van der Waals surface area contributed by atoms with Gasteiger partial charge in [-0.2, -0.15) is 13.2 Å². The number of nitro benzene ring substituents is 1. The van der Waals surface area contributed by atoms with Crippen LogP contribution in [0.15, 0.2) is 39.4 Å². The molecule has 9 heteroatoms. The van der Waals surface area contributed by atoms with Crippen LogP contribution in [0.1, 0.15) is 11.3 Å². The van der Waals surface area contributed by atoms with Crippen molar-refractivity contribution in [2.45, 2.75) is 12.7 Å². The van der Waals surface area contributed by atoms with Crippen LogP contribution in [0.5, 0.6) is 0 Å². The van der Waals surface area contributed by atoms with Crippen LogP contribution in [0.4, 0.5) is 24.5 Å². The Hall–Kier alpha value is -2.03. The van der Waals surface area contributed by atoms with E-state index in [1.807, 2.05) is 0 Å². The normalized spacial score (nSPS) is 11.4. The highest BCUT2D eigenvalue weighted by Crippen LogP contribution is 2.35. The molecule has 21 heavy (non-hydrogen) atoms. The summed E-state index contributed by atoms with van der Waals surface area (Å²) in [4.78, 5) is 10.0. The lowest BCUT2D eigenvalue weighted by atomic mass is 10.1. The van der Waals surface area contributed by atoms with Gasteiger partial charge >= 0.3 is 6.18 Å². The van der Waals surface area contributed by atoms with Gasteiger partial charge in [-0.1, -0.05) is 0 Å². The maximum Gasteiger partial charge on any atom is 0.416 e. The third kappa shape index (κ3) is 3.75. The van der Waals surface area contributed by atoms with Crippen molar-refractivity contribution < 1.29 is 22.5 Å². The van der Waals surface area contributed by atoms with Crippen LogP contribution in [0.25, 0.3) is 0 Å². The fourth-order valence-electron chi connectivity index (χ4n) is 1.64. The molecule has 0 bridgehead atoms. The smallest absolute Gasteiger partial charge is 0.416 e. The summed E-state index contributed by atoms with van der Waals surface area (Å²) in [6.07, 6.45) is -4.63. The number of benzene rings is 1. The van der Waals surface area contributed by atoms with Crippen molar-refractivity contribution in [1.82, 2.24) is 0 Å². The molecule has 1 N–H and O–H groups in total. The minimum Gasteiger partial charge on any atom is -0.452 e. The Kier molecular flexibility index (Phi) is 4.21. The van der Waals surface area contributed by atoms with Crippen molar-refractivity contribution in [3.63, 3.8) is 0 Å². The second-order valence-electron chi connectivity index (χ2n) is 4.05. The van der Waals surface area contributed by atoms with E-state index < -0.39 is 22.4 Å². The van der Waals surface area contributed by atoms with Crippen molar-refractivity contribution in [3.05, 3.63) is 56.4 Å². The first kappa shape index (κ1) is 15.4. The molecule has 112 valence electrons. The highest BCUT2D eigenvalue weighted by Gasteiger charge is 2.33. The number of anilines is 1. The largest absolute Gasteiger partial charge is 0.452 e. The highest BCUT2D eigenvalue weighted by molar-refractivity contribution is 9.10. The number of halogens is 4. The van der Waals surface area contributed by atoms with Crippen molar-refractivity contribution in [2.24, 2.45) is 0 Å². The SMILES string of the molecule is O=[N+]([O-])c1cc(C(F)(F)F)ccc1NCc1ccc(Br)o1. The molecule has 2 rings (SSSR count). The second kappa shape index (κ2) is 5.76. The van der Waals surface area contributed by atoms with E-state index in [0.29, 0.717) is 16.5 Å². The number of furan rings is 1. The van der Waals surface area contributed by atoms with Crippen LogP contribution in [-0.2, 0) is 12.7 Å². The fraction of sp³-hybridized carbons (Fsp3) is 0.167. The zero-order valence-electron chi connectivity index (χ0n) is 10.3. The van der Waals surface area contributed by atoms with E-state index in [0.717, 1.165) is 12.1 Å². The molecule has 0 fully saturated rings. The van der Waals surface area contributed by atoms with Crippen LogP contribution < -0.4 is 5.32 Å². The van der Waals surface area contributed by atoms with Crippen LogP contribution in [0.3, 0.4) is 0 Å². The first-order valence-corrected chi connectivity index (χ1v) is 6.40. The van der Waals surface area contributed by atoms with Crippen molar-refractivity contribution >= 4 is 27.3 Å². The van der Waals surface area contributed by atoms with Crippen LogP contribution >= 0.6 is 15.9 Å². The van der Waals surface area contributed by atoms with Gasteiger partial charge in [0.15, 0.2) is 4.67 Å². The predicted octanol–water partition coefficient (Wildman–Crippen LogP) is 4.58. The Labute approximate surface area is 125 Å². The number of alkyl halides is 3. The van der Waals surface area contributed by atoms with Gasteiger partial charge < -0.3 is 9.73 Å². The topological polar surface area (TPSA) is 68.3 Å². The molecule has 5 nitrogen and oxygen atoms in total. The molecule has 2 aromatic rings. The molecule has 0 spiro atoms. The van der Waals surface area contributed by atoms with E-state index in [-0.39, 0.29) is 12.2 Å². The number of nitrogens with zero attached hydrogens (tertiary/aromatic N) is 1. The third-order valence-corrected chi connectivity index (χ3v) is 3.03. The average molecular weight is 365 g/mol. The molecular formula is C12H8BrF3N2O3. The fourth-order valence-corrected chi connectivity index (χ4v) is 1.98. The number of rotatable bonds is 4. The quantitative estimate of drug-likeness (QED) is 0.636. The summed E-state index contributed by atoms with van der Waals surface area (Å²) in [5.41, 5.74) is -1.73. The minimum absolute atomic E-state index is 0.0134. The molecule has 0 aliphatic rings. The van der Waals surface area contributed by atoms with Crippen molar-refractivity contribution in [1.29, 1.82) is 0 Å². The monoisotopic (exact) mass is 364 g/mol. The Bertz CT molecular complexity index is 670. The highest BCUT2D eigenvalue weighted by atomic mass is 79.9. The van der Waals surface area contributed by atoms with E-state index in [2.05, 4.69) is 21.2 Å². The van der Waals surface area contributed by atoms with E-state index in [9.17, 15) is 23.3 Å². The number of hydrogen-bond acceptors (Lipinski definition) is 4. The zero-order chi connectivity index (χ0) is 15.6. The molecule has 0 saturated heterocycles. The van der Waals surface area contributed by atoms with Crippen LogP contribution in [-0.4, -0.2) is 4.92 Å². The van der Waals surface area contributed by atoms with Gasteiger partial charge in [-0.15, -0.1) is 0 Å². The molecule has 0 unspecified atom stereocenters. The predicted molar refractivity (Wildman–Crippen MR) is 71.8 cm³/mol. The second-order valence-corrected chi connectivity index (χ2v) is 4.83. The molecule has 1 aromatic carbocycles. The molecule has 0 aliphatic carbocycles. The summed E-state index contributed by atoms with van der Waals surface area (Å²) >= 11 is 3.10. The van der Waals surface area contributed by atoms with Crippen molar-refractivity contribution in [3.8, 4) is 0 Å². The van der Waals surface area contributed by atoms with E-state index >= 15 is 0 Å². The van der Waals surface area contributed by atoms with E-state index in [1.54, 1.807) is 12.1 Å². The van der Waals surface area contributed by atoms with Gasteiger partial charge in [0.25, 0.3) is 5.69 Å². The Morgan fingerprint density at radius 1 is 1.29 bits per heavy atom. The summed E-state index contributed by atoms with van der Waals surface area (Å²) in [6, 6.07) is 5.58. The van der Waals surface area contributed by atoms with E-state index in [1.165, 1.54) is 0 Å². The summed E-state index contributed by atoms with van der Waals surface area (Å²) in [5, 5.41) is 13.6. The van der Waals surface area contributed by atoms with Crippen molar-refractivity contribution in [2.75, 3.05) is 5.32 Å². The van der Waals surface area contributed by atoms with Gasteiger partial charge in [-0.3, -0.25) is 10.1 Å². The summed E-state index contributed by atoms with van der Waals surface area (Å²) in [7, 11) is 0. The molecule has 0 saturated carbocycles. The number of nitrogens with one attached hydrogen (secondary N) is 1. The summed E-state index contributed by atoms with van der Waals surface area (Å²) in [6.45, 7) is 0.109. The Morgan fingerprint density at radius 2 is 2.00 bits per heavy atom. The zero-order valence-corrected chi connectivity index (χ0v) is 11.9. The van der Waals surface area contributed by atoms with Gasteiger partial charge in [0, 0.05) is 6.07 Å². The molecule has 0 radical (unpaired) electrons. The standard InChI is InChI=1S/C12H8BrF3N2O3/c13-11-4-2-8(21-11)6-17-9-3-1-7(12(14,15)16)5-10(9)18(19)20/h1-5,17H,6H2. The Morgan fingerprint density at radius 3 is 2.52 bits per heavy atom. The number of hydrogen-bond donors (Lipinski definition) is 1. The first-order chi connectivity index (χ1) is 9.77. The lowest BCUT2D eigenvalue weighted by molar-refractivity contribution is -0.384. The lowest BCUT2D eigenvalue weighted by Crippen LogP contribution is -2.08. The number of nitro groups is 1. The summed E-state index contributed by atoms with van der Waals surface area (Å²) in [5.74, 6) is 0.482. The van der Waals surface area contributed by atoms with Gasteiger partial charge in [-0.05, 0) is 40.2 Å². The van der Waals surface area contributed by atoms with Gasteiger partial charge in [0.1, 0.15) is 11.4 Å².